The number of hydrogen-bond acceptors (Lipinski definition) is 5. The quantitative estimate of drug-likeness (QED) is 0.596. The van der Waals surface area contributed by atoms with Gasteiger partial charge in [-0.2, -0.15) is 0 Å². The highest BCUT2D eigenvalue weighted by Gasteiger charge is 2.31. The van der Waals surface area contributed by atoms with Crippen LogP contribution in [0.1, 0.15) is 30.9 Å². The summed E-state index contributed by atoms with van der Waals surface area (Å²) in [6, 6.07) is 11.7. The Bertz CT molecular complexity index is 1050. The van der Waals surface area contributed by atoms with Crippen molar-refractivity contribution in [1.82, 2.24) is 10.2 Å². The van der Waals surface area contributed by atoms with Gasteiger partial charge in [-0.25, -0.2) is 8.42 Å². The van der Waals surface area contributed by atoms with Gasteiger partial charge in [-0.05, 0) is 62.2 Å². The number of nitrogens with zero attached hydrogens (tertiary/aromatic N) is 2. The van der Waals surface area contributed by atoms with E-state index in [4.69, 9.17) is 16.3 Å². The third-order valence-corrected chi connectivity index (χ3v) is 7.09. The molecular formula is C23H30ClN3O4S. The van der Waals surface area contributed by atoms with E-state index in [0.717, 1.165) is 35.8 Å². The van der Waals surface area contributed by atoms with Crippen molar-refractivity contribution in [3.8, 4) is 5.75 Å². The lowest BCUT2D eigenvalue weighted by Crippen LogP contribution is -2.47. The molecule has 1 N–H and O–H groups in total. The molecule has 7 nitrogen and oxygen atoms in total. The number of rotatable bonds is 9. The predicted octanol–water partition coefficient (Wildman–Crippen LogP) is 3.42. The molecular weight excluding hydrogens is 450 g/mol. The van der Waals surface area contributed by atoms with Crippen LogP contribution in [0.5, 0.6) is 5.75 Å². The first-order valence-electron chi connectivity index (χ1n) is 10.6. The van der Waals surface area contributed by atoms with Crippen LogP contribution >= 0.6 is 11.6 Å². The largest absolute Gasteiger partial charge is 0.495 e. The van der Waals surface area contributed by atoms with Crippen LogP contribution in [-0.4, -0.2) is 51.7 Å². The van der Waals surface area contributed by atoms with Gasteiger partial charge in [-0.1, -0.05) is 35.9 Å². The summed E-state index contributed by atoms with van der Waals surface area (Å²) < 4.78 is 31.6. The Morgan fingerprint density at radius 2 is 1.84 bits per heavy atom. The molecule has 1 amide bonds. The molecule has 1 fully saturated rings. The molecule has 9 heteroatoms. The number of anilines is 1. The Balaban J connectivity index is 1.78. The van der Waals surface area contributed by atoms with E-state index in [1.54, 1.807) is 19.1 Å². The summed E-state index contributed by atoms with van der Waals surface area (Å²) in [5, 5.41) is 3.25. The van der Waals surface area contributed by atoms with Crippen LogP contribution in [0.15, 0.2) is 42.5 Å². The zero-order chi connectivity index (χ0) is 23.3. The van der Waals surface area contributed by atoms with Crippen molar-refractivity contribution in [2.24, 2.45) is 0 Å². The maximum atomic E-state index is 13.0. The fourth-order valence-corrected chi connectivity index (χ4v) is 5.35. The van der Waals surface area contributed by atoms with Crippen molar-refractivity contribution in [2.45, 2.75) is 38.9 Å². The van der Waals surface area contributed by atoms with Gasteiger partial charge in [0.25, 0.3) is 0 Å². The molecule has 1 unspecified atom stereocenters. The Morgan fingerprint density at radius 1 is 1.19 bits per heavy atom. The molecule has 174 valence electrons. The molecule has 1 atom stereocenters. The van der Waals surface area contributed by atoms with E-state index in [9.17, 15) is 13.2 Å². The molecule has 0 saturated carbocycles. The minimum Gasteiger partial charge on any atom is -0.495 e. The lowest BCUT2D eigenvalue weighted by molar-refractivity contribution is -0.122. The Kier molecular flexibility index (Phi) is 8.03. The van der Waals surface area contributed by atoms with E-state index in [1.807, 2.05) is 18.2 Å². The Labute approximate surface area is 195 Å². The molecule has 32 heavy (non-hydrogen) atoms. The first kappa shape index (κ1) is 24.4. The van der Waals surface area contributed by atoms with Crippen molar-refractivity contribution >= 4 is 33.2 Å². The monoisotopic (exact) mass is 479 g/mol. The molecule has 0 radical (unpaired) electrons. The molecule has 2 aromatic rings. The maximum absolute atomic E-state index is 13.0. The number of halogens is 1. The first-order chi connectivity index (χ1) is 15.2. The molecule has 1 saturated heterocycles. The molecule has 1 heterocycles. The predicted molar refractivity (Wildman–Crippen MR) is 128 cm³/mol. The smallest absolute Gasteiger partial charge is 0.243 e. The topological polar surface area (TPSA) is 79.0 Å². The molecule has 0 spiro atoms. The highest BCUT2D eigenvalue weighted by molar-refractivity contribution is 7.92. The summed E-state index contributed by atoms with van der Waals surface area (Å²) in [7, 11) is -2.35. The summed E-state index contributed by atoms with van der Waals surface area (Å²) in [5.41, 5.74) is 2.41. The van der Waals surface area contributed by atoms with Gasteiger partial charge in [0.05, 0.1) is 19.1 Å². The average molecular weight is 480 g/mol. The summed E-state index contributed by atoms with van der Waals surface area (Å²) in [5.74, 6) is -0.0936. The normalized spacial score (nSPS) is 15.4. The number of likely N-dealkylation sites (tertiary alicyclic amines) is 1. The van der Waals surface area contributed by atoms with E-state index >= 15 is 0 Å². The SMILES string of the molecule is COc1ccc(Cl)cc1N(C(C)C(=O)NCc1ccccc1CN1CCCC1)S(C)(=O)=O. The zero-order valence-corrected chi connectivity index (χ0v) is 20.2. The summed E-state index contributed by atoms with van der Waals surface area (Å²) in [6.45, 7) is 4.88. The number of hydrogen-bond donors (Lipinski definition) is 1. The van der Waals surface area contributed by atoms with Crippen molar-refractivity contribution in [1.29, 1.82) is 0 Å². The molecule has 1 aliphatic heterocycles. The van der Waals surface area contributed by atoms with Gasteiger partial charge in [0.15, 0.2) is 0 Å². The third kappa shape index (κ3) is 5.94. The van der Waals surface area contributed by atoms with Crippen molar-refractivity contribution in [3.05, 3.63) is 58.6 Å². The lowest BCUT2D eigenvalue weighted by Gasteiger charge is -2.29. The first-order valence-corrected chi connectivity index (χ1v) is 12.8. The van der Waals surface area contributed by atoms with E-state index in [-0.39, 0.29) is 5.69 Å². The summed E-state index contributed by atoms with van der Waals surface area (Å²) >= 11 is 6.10. The second kappa shape index (κ2) is 10.6. The van der Waals surface area contributed by atoms with E-state index in [0.29, 0.717) is 17.3 Å². The lowest BCUT2D eigenvalue weighted by atomic mass is 10.1. The summed E-state index contributed by atoms with van der Waals surface area (Å²) in [4.78, 5) is 15.4. The second-order valence-electron chi connectivity index (χ2n) is 8.02. The minimum atomic E-state index is -3.79. The molecule has 0 aromatic heterocycles. The number of carbonyl (C=O) groups excluding carboxylic acids is 1. The number of benzene rings is 2. The van der Waals surface area contributed by atoms with Crippen LogP contribution in [0.4, 0.5) is 5.69 Å². The highest BCUT2D eigenvalue weighted by Crippen LogP contribution is 2.34. The van der Waals surface area contributed by atoms with Crippen LogP contribution < -0.4 is 14.4 Å². The third-order valence-electron chi connectivity index (χ3n) is 5.63. The van der Waals surface area contributed by atoms with Crippen LogP contribution in [-0.2, 0) is 27.9 Å². The molecule has 1 aliphatic rings. The Hall–Kier alpha value is -2.29. The van der Waals surface area contributed by atoms with Crippen LogP contribution in [0.2, 0.25) is 5.02 Å². The van der Waals surface area contributed by atoms with Gasteiger partial charge in [-0.15, -0.1) is 0 Å². The fraction of sp³-hybridized carbons (Fsp3) is 0.435. The van der Waals surface area contributed by atoms with Crippen molar-refractivity contribution in [3.63, 3.8) is 0 Å². The zero-order valence-electron chi connectivity index (χ0n) is 18.7. The van der Waals surface area contributed by atoms with Gasteiger partial charge in [0.1, 0.15) is 11.8 Å². The van der Waals surface area contributed by atoms with Crippen molar-refractivity contribution < 1.29 is 17.9 Å². The van der Waals surface area contributed by atoms with E-state index < -0.39 is 22.0 Å². The Morgan fingerprint density at radius 3 is 2.47 bits per heavy atom. The molecule has 3 rings (SSSR count). The maximum Gasteiger partial charge on any atom is 0.243 e. The van der Waals surface area contributed by atoms with Gasteiger partial charge < -0.3 is 10.1 Å². The second-order valence-corrected chi connectivity index (χ2v) is 10.3. The van der Waals surface area contributed by atoms with E-state index in [1.165, 1.54) is 31.6 Å². The van der Waals surface area contributed by atoms with Gasteiger partial charge >= 0.3 is 0 Å². The van der Waals surface area contributed by atoms with Crippen LogP contribution in [0.3, 0.4) is 0 Å². The number of amides is 1. The average Bonchev–Trinajstić information content (AvgIpc) is 3.25. The standard InChI is InChI=1S/C23H30ClN3O4S/c1-17(27(32(3,29)30)21-14-20(24)10-11-22(21)31-2)23(28)25-15-18-8-4-5-9-19(18)16-26-12-6-7-13-26/h4-5,8-11,14,17H,6-7,12-13,15-16H2,1-3H3,(H,25,28). The summed E-state index contributed by atoms with van der Waals surface area (Å²) in [6.07, 6.45) is 3.48. The highest BCUT2D eigenvalue weighted by atomic mass is 35.5. The number of methoxy groups -OCH3 is 1. The van der Waals surface area contributed by atoms with Crippen molar-refractivity contribution in [2.75, 3.05) is 30.8 Å². The van der Waals surface area contributed by atoms with Gasteiger partial charge in [0.2, 0.25) is 15.9 Å². The van der Waals surface area contributed by atoms with Crippen LogP contribution in [0.25, 0.3) is 0 Å². The number of nitrogens with one attached hydrogen (secondary N) is 1. The number of sulfonamides is 1. The van der Waals surface area contributed by atoms with Crippen LogP contribution in [0, 0.1) is 0 Å². The van der Waals surface area contributed by atoms with Gasteiger partial charge in [-0.3, -0.25) is 14.0 Å². The minimum absolute atomic E-state index is 0.222. The molecule has 0 aliphatic carbocycles. The van der Waals surface area contributed by atoms with E-state index in [2.05, 4.69) is 16.3 Å². The van der Waals surface area contributed by atoms with Gasteiger partial charge in [0, 0.05) is 18.1 Å². The number of ether oxygens (including phenoxy) is 1. The number of carbonyl (C=O) groups is 1. The fourth-order valence-electron chi connectivity index (χ4n) is 4.01. The molecule has 2 aromatic carbocycles. The molecule has 0 bridgehead atoms.